The number of amides is 1. The number of likely N-dealkylation sites (N-methyl/N-ethyl adjacent to an activating group) is 1. The van der Waals surface area contributed by atoms with Crippen molar-refractivity contribution < 1.29 is 4.79 Å². The van der Waals surface area contributed by atoms with Gasteiger partial charge >= 0.3 is 0 Å². The maximum atomic E-state index is 11.9. The van der Waals surface area contributed by atoms with Gasteiger partial charge in [-0.05, 0) is 13.5 Å². The average molecular weight is 340 g/mol. The second kappa shape index (κ2) is 14.7. The molecule has 0 aromatic rings. The van der Waals surface area contributed by atoms with E-state index in [-0.39, 0.29) is 5.91 Å². The first-order chi connectivity index (χ1) is 11.7. The van der Waals surface area contributed by atoms with Crippen molar-refractivity contribution in [3.05, 3.63) is 0 Å². The van der Waals surface area contributed by atoms with E-state index in [1.54, 1.807) is 0 Å². The number of carbonyl (C=O) groups excluding carboxylic acids is 1. The molecule has 1 N–H and O–H groups in total. The molecule has 1 saturated heterocycles. The van der Waals surface area contributed by atoms with E-state index >= 15 is 0 Å². The third-order valence-corrected chi connectivity index (χ3v) is 5.04. The van der Waals surface area contributed by atoms with Crippen LogP contribution in [0.25, 0.3) is 0 Å². The van der Waals surface area contributed by atoms with Crippen molar-refractivity contribution in [1.82, 2.24) is 15.3 Å². The van der Waals surface area contributed by atoms with Crippen LogP contribution in [0, 0.1) is 0 Å². The van der Waals surface area contributed by atoms with Crippen molar-refractivity contribution in [2.75, 3.05) is 33.2 Å². The maximum absolute atomic E-state index is 11.9. The van der Waals surface area contributed by atoms with Gasteiger partial charge in [-0.3, -0.25) is 10.2 Å². The van der Waals surface area contributed by atoms with E-state index in [2.05, 4.69) is 29.3 Å². The summed E-state index contributed by atoms with van der Waals surface area (Å²) in [5.74, 6) is 0.201. The Labute approximate surface area is 150 Å². The summed E-state index contributed by atoms with van der Waals surface area (Å²) >= 11 is 0. The molecule has 0 radical (unpaired) electrons. The van der Waals surface area contributed by atoms with Crippen LogP contribution in [0.15, 0.2) is 0 Å². The summed E-state index contributed by atoms with van der Waals surface area (Å²) in [7, 11) is 2.13. The van der Waals surface area contributed by atoms with Gasteiger partial charge in [-0.2, -0.15) is 0 Å². The van der Waals surface area contributed by atoms with Crippen molar-refractivity contribution in [3.63, 3.8) is 0 Å². The van der Waals surface area contributed by atoms with Gasteiger partial charge in [0.25, 0.3) is 0 Å². The Hall–Kier alpha value is -0.610. The van der Waals surface area contributed by atoms with Gasteiger partial charge in [-0.15, -0.1) is 0 Å². The first-order valence-corrected chi connectivity index (χ1v) is 10.5. The molecule has 0 aromatic heterocycles. The average Bonchev–Trinajstić information content (AvgIpc) is 2.58. The van der Waals surface area contributed by atoms with Crippen LogP contribution in [-0.4, -0.2) is 49.0 Å². The minimum absolute atomic E-state index is 0.201. The van der Waals surface area contributed by atoms with Crippen molar-refractivity contribution in [1.29, 1.82) is 0 Å². The van der Waals surface area contributed by atoms with Gasteiger partial charge in [-0.1, -0.05) is 77.6 Å². The molecule has 142 valence electrons. The quantitative estimate of drug-likeness (QED) is 0.478. The van der Waals surface area contributed by atoms with Crippen LogP contribution in [0.4, 0.5) is 0 Å². The Kier molecular flexibility index (Phi) is 13.1. The van der Waals surface area contributed by atoms with E-state index < -0.39 is 0 Å². The molecule has 0 spiro atoms. The van der Waals surface area contributed by atoms with E-state index in [1.165, 1.54) is 70.6 Å². The number of carbonyl (C=O) groups is 1. The van der Waals surface area contributed by atoms with Crippen LogP contribution >= 0.6 is 0 Å². The van der Waals surface area contributed by atoms with E-state index in [4.69, 9.17) is 0 Å². The monoisotopic (exact) mass is 339 g/mol. The summed E-state index contributed by atoms with van der Waals surface area (Å²) in [5, 5.41) is 2.07. The molecule has 4 nitrogen and oxygen atoms in total. The summed E-state index contributed by atoms with van der Waals surface area (Å²) in [6.45, 7) is 6.25. The predicted octanol–water partition coefficient (Wildman–Crippen LogP) is 4.36. The fraction of sp³-hybridized carbons (Fsp3) is 0.950. The number of nitrogens with zero attached hydrogens (tertiary/aromatic N) is 2. The summed E-state index contributed by atoms with van der Waals surface area (Å²) in [5.41, 5.74) is 3.05. The van der Waals surface area contributed by atoms with Gasteiger partial charge in [0.15, 0.2) is 0 Å². The highest BCUT2D eigenvalue weighted by atomic mass is 16.2. The van der Waals surface area contributed by atoms with Gasteiger partial charge in [-0.25, -0.2) is 5.01 Å². The zero-order chi connectivity index (χ0) is 17.5. The van der Waals surface area contributed by atoms with Gasteiger partial charge < -0.3 is 4.90 Å². The molecule has 1 fully saturated rings. The fourth-order valence-corrected chi connectivity index (χ4v) is 3.28. The lowest BCUT2D eigenvalue weighted by atomic mass is 10.0. The lowest BCUT2D eigenvalue weighted by Gasteiger charge is -2.32. The number of rotatable bonds is 14. The Morgan fingerprint density at radius 1 is 0.750 bits per heavy atom. The lowest BCUT2D eigenvalue weighted by Crippen LogP contribution is -2.52. The van der Waals surface area contributed by atoms with Crippen LogP contribution < -0.4 is 5.43 Å². The molecular weight excluding hydrogens is 298 g/mol. The van der Waals surface area contributed by atoms with Crippen LogP contribution in [0.2, 0.25) is 0 Å². The smallest absolute Gasteiger partial charge is 0.234 e. The van der Waals surface area contributed by atoms with Crippen LogP contribution in [-0.2, 0) is 4.79 Å². The minimum atomic E-state index is 0.201. The topological polar surface area (TPSA) is 35.6 Å². The van der Waals surface area contributed by atoms with Crippen LogP contribution in [0.3, 0.4) is 0 Å². The maximum Gasteiger partial charge on any atom is 0.234 e. The van der Waals surface area contributed by atoms with Gasteiger partial charge in [0, 0.05) is 32.6 Å². The molecule has 0 bridgehead atoms. The normalized spacial score (nSPS) is 16.4. The highest BCUT2D eigenvalue weighted by Crippen LogP contribution is 2.12. The van der Waals surface area contributed by atoms with Crippen molar-refractivity contribution in [2.24, 2.45) is 0 Å². The molecule has 0 atom stereocenters. The van der Waals surface area contributed by atoms with Gasteiger partial charge in [0.05, 0.1) is 0 Å². The summed E-state index contributed by atoms with van der Waals surface area (Å²) in [4.78, 5) is 14.2. The summed E-state index contributed by atoms with van der Waals surface area (Å²) < 4.78 is 0. The number of unbranched alkanes of at least 4 members (excludes halogenated alkanes) is 11. The van der Waals surface area contributed by atoms with Crippen LogP contribution in [0.1, 0.15) is 90.4 Å². The van der Waals surface area contributed by atoms with Crippen molar-refractivity contribution in [2.45, 2.75) is 90.4 Å². The van der Waals surface area contributed by atoms with E-state index in [0.717, 1.165) is 32.6 Å². The molecule has 0 saturated carbocycles. The molecule has 1 aliphatic rings. The molecule has 0 aromatic carbocycles. The lowest BCUT2D eigenvalue weighted by molar-refractivity contribution is -0.126. The number of hydrogen-bond acceptors (Lipinski definition) is 3. The molecule has 1 rings (SSSR count). The molecule has 24 heavy (non-hydrogen) atoms. The zero-order valence-electron chi connectivity index (χ0n) is 16.3. The van der Waals surface area contributed by atoms with Gasteiger partial charge in [0.2, 0.25) is 5.91 Å². The van der Waals surface area contributed by atoms with Crippen LogP contribution in [0.5, 0.6) is 0 Å². The predicted molar refractivity (Wildman–Crippen MR) is 103 cm³/mol. The first-order valence-electron chi connectivity index (χ1n) is 10.5. The van der Waals surface area contributed by atoms with E-state index in [1.807, 2.05) is 0 Å². The number of nitrogens with one attached hydrogen (secondary N) is 1. The molecule has 0 aliphatic carbocycles. The van der Waals surface area contributed by atoms with Crippen molar-refractivity contribution >= 4 is 5.91 Å². The second-order valence-electron chi connectivity index (χ2n) is 7.46. The third-order valence-electron chi connectivity index (χ3n) is 5.04. The minimum Gasteiger partial charge on any atom is -0.304 e. The molecule has 1 amide bonds. The van der Waals surface area contributed by atoms with E-state index in [0.29, 0.717) is 6.42 Å². The van der Waals surface area contributed by atoms with Gasteiger partial charge in [0.1, 0.15) is 0 Å². The standard InChI is InChI=1S/C20H41N3O/c1-3-4-5-6-7-8-9-10-11-12-13-14-15-20(24)21-23-18-16-22(2)17-19-23/h3-19H2,1-2H3,(H,21,24). The number of piperazine rings is 1. The van der Waals surface area contributed by atoms with E-state index in [9.17, 15) is 4.79 Å². The largest absolute Gasteiger partial charge is 0.304 e. The molecular formula is C20H41N3O. The zero-order valence-corrected chi connectivity index (χ0v) is 16.3. The third kappa shape index (κ3) is 11.9. The SMILES string of the molecule is CCCCCCCCCCCCCCC(=O)NN1CCN(C)CC1. The first kappa shape index (κ1) is 21.4. The number of hydrazine groups is 1. The number of hydrogen-bond donors (Lipinski definition) is 1. The fourth-order valence-electron chi connectivity index (χ4n) is 3.28. The Balaban J connectivity index is 1.80. The Morgan fingerprint density at radius 3 is 1.71 bits per heavy atom. The summed E-state index contributed by atoms with van der Waals surface area (Å²) in [6, 6.07) is 0. The Bertz CT molecular complexity index is 301. The Morgan fingerprint density at radius 2 is 1.21 bits per heavy atom. The highest BCUT2D eigenvalue weighted by Gasteiger charge is 2.15. The molecule has 0 unspecified atom stereocenters. The molecule has 1 aliphatic heterocycles. The molecule has 1 heterocycles. The second-order valence-corrected chi connectivity index (χ2v) is 7.46. The molecule has 4 heteroatoms. The van der Waals surface area contributed by atoms with Crippen molar-refractivity contribution in [3.8, 4) is 0 Å². The highest BCUT2D eigenvalue weighted by molar-refractivity contribution is 5.75. The summed E-state index contributed by atoms with van der Waals surface area (Å²) in [6.07, 6.45) is 16.8.